The zero-order valence-corrected chi connectivity index (χ0v) is 25.4. The SMILES string of the molecule is CC=C(C)C(=O)OC1c2cc(OC)c(OC)c(OC)c2-c2c(cc3c(c2OC)OCO3)C(OC(=O)CC)C(C)C1(C)O. The van der Waals surface area contributed by atoms with Crippen molar-refractivity contribution in [1.29, 1.82) is 0 Å². The second kappa shape index (κ2) is 12.0. The van der Waals surface area contributed by atoms with Gasteiger partial charge in [0.1, 0.15) is 11.7 Å². The summed E-state index contributed by atoms with van der Waals surface area (Å²) in [6.07, 6.45) is -0.637. The van der Waals surface area contributed by atoms with E-state index in [-0.39, 0.29) is 36.2 Å². The third kappa shape index (κ3) is 4.95. The highest BCUT2D eigenvalue weighted by Gasteiger charge is 2.51. The Morgan fingerprint density at radius 3 is 2.19 bits per heavy atom. The van der Waals surface area contributed by atoms with E-state index in [0.717, 1.165) is 0 Å². The molecule has 11 heteroatoms. The summed E-state index contributed by atoms with van der Waals surface area (Å²) in [6.45, 7) is 8.21. The molecule has 0 saturated carbocycles. The standard InChI is InChI=1S/C31H38O11/c1-10-15(3)30(33)42-29-18-13-19(35-6)25(36-7)27(37-8)23(18)22-17(12-20-26(28(22)38-9)40-14-39-20)24(41-21(32)11-2)16(4)31(29,5)34/h10,12-13,16,24,29,34H,11,14H2,1-9H3. The molecule has 0 fully saturated rings. The Kier molecular flexibility index (Phi) is 8.81. The summed E-state index contributed by atoms with van der Waals surface area (Å²) in [5.41, 5.74) is 0.132. The Labute approximate surface area is 245 Å². The molecular formula is C31H38O11. The predicted octanol–water partition coefficient (Wildman–Crippen LogP) is 5.06. The molecule has 0 amide bonds. The van der Waals surface area contributed by atoms with Gasteiger partial charge in [-0.25, -0.2) is 4.79 Å². The Morgan fingerprint density at radius 2 is 1.62 bits per heavy atom. The summed E-state index contributed by atoms with van der Waals surface area (Å²) in [6, 6.07) is 3.34. The number of methoxy groups -OCH3 is 4. The van der Waals surface area contributed by atoms with Gasteiger partial charge >= 0.3 is 11.9 Å². The van der Waals surface area contributed by atoms with Crippen molar-refractivity contribution in [1.82, 2.24) is 0 Å². The predicted molar refractivity (Wildman–Crippen MR) is 151 cm³/mol. The fourth-order valence-electron chi connectivity index (χ4n) is 5.37. The minimum atomic E-state index is -1.80. The third-order valence-electron chi connectivity index (χ3n) is 7.99. The maximum Gasteiger partial charge on any atom is 0.334 e. The zero-order valence-electron chi connectivity index (χ0n) is 25.4. The molecule has 4 rings (SSSR count). The minimum Gasteiger partial charge on any atom is -0.493 e. The lowest BCUT2D eigenvalue weighted by atomic mass is 9.71. The summed E-state index contributed by atoms with van der Waals surface area (Å²) in [5, 5.41) is 12.3. The van der Waals surface area contributed by atoms with Crippen LogP contribution in [0.2, 0.25) is 0 Å². The first-order chi connectivity index (χ1) is 20.0. The fraction of sp³-hybridized carbons (Fsp3) is 0.484. The molecule has 4 unspecified atom stereocenters. The topological polar surface area (TPSA) is 128 Å². The van der Waals surface area contributed by atoms with Gasteiger partial charge in [0.15, 0.2) is 29.1 Å². The lowest BCUT2D eigenvalue weighted by Crippen LogP contribution is -2.46. The van der Waals surface area contributed by atoms with Crippen LogP contribution >= 0.6 is 0 Å². The molecule has 42 heavy (non-hydrogen) atoms. The molecule has 1 aliphatic carbocycles. The van der Waals surface area contributed by atoms with E-state index < -0.39 is 35.7 Å². The quantitative estimate of drug-likeness (QED) is 0.329. The third-order valence-corrected chi connectivity index (χ3v) is 7.99. The molecule has 2 aromatic rings. The molecule has 0 bridgehead atoms. The van der Waals surface area contributed by atoms with Crippen LogP contribution in [0.4, 0.5) is 0 Å². The Bertz CT molecular complexity index is 1410. The summed E-state index contributed by atoms with van der Waals surface area (Å²) in [5.74, 6) is -0.258. The molecule has 0 spiro atoms. The van der Waals surface area contributed by atoms with Crippen molar-refractivity contribution in [2.45, 2.75) is 58.8 Å². The van der Waals surface area contributed by atoms with E-state index in [1.165, 1.54) is 35.4 Å². The van der Waals surface area contributed by atoms with E-state index in [1.54, 1.807) is 45.9 Å². The van der Waals surface area contributed by atoms with Crippen LogP contribution in [-0.4, -0.2) is 57.9 Å². The normalized spacial score (nSPS) is 22.6. The minimum absolute atomic E-state index is 0.0555. The van der Waals surface area contributed by atoms with Gasteiger partial charge in [0.25, 0.3) is 0 Å². The second-order valence-corrected chi connectivity index (χ2v) is 10.3. The van der Waals surface area contributed by atoms with Crippen molar-refractivity contribution < 1.29 is 52.6 Å². The van der Waals surface area contributed by atoms with E-state index in [4.69, 9.17) is 37.9 Å². The summed E-state index contributed by atoms with van der Waals surface area (Å²) < 4.78 is 46.9. The first kappa shape index (κ1) is 30.8. The van der Waals surface area contributed by atoms with Crippen LogP contribution in [0.25, 0.3) is 11.1 Å². The molecule has 0 aromatic heterocycles. The molecule has 11 nitrogen and oxygen atoms in total. The number of benzene rings is 2. The molecule has 1 aliphatic heterocycles. The lowest BCUT2D eigenvalue weighted by molar-refractivity contribution is -0.183. The average Bonchev–Trinajstić information content (AvgIpc) is 3.47. The van der Waals surface area contributed by atoms with Crippen LogP contribution in [0.15, 0.2) is 23.8 Å². The highest BCUT2D eigenvalue weighted by Crippen LogP contribution is 2.61. The van der Waals surface area contributed by atoms with E-state index in [2.05, 4.69) is 0 Å². The van der Waals surface area contributed by atoms with Crippen LogP contribution in [-0.2, 0) is 19.1 Å². The van der Waals surface area contributed by atoms with Gasteiger partial charge in [-0.1, -0.05) is 19.9 Å². The Morgan fingerprint density at radius 1 is 0.976 bits per heavy atom. The van der Waals surface area contributed by atoms with Gasteiger partial charge in [-0.3, -0.25) is 4.79 Å². The zero-order chi connectivity index (χ0) is 30.9. The number of carbonyl (C=O) groups is 2. The van der Waals surface area contributed by atoms with Crippen molar-refractivity contribution in [2.24, 2.45) is 5.92 Å². The summed E-state index contributed by atoms with van der Waals surface area (Å²) in [4.78, 5) is 26.1. The molecule has 4 atom stereocenters. The smallest absolute Gasteiger partial charge is 0.334 e. The van der Waals surface area contributed by atoms with Crippen LogP contribution < -0.4 is 28.4 Å². The first-order valence-electron chi connectivity index (χ1n) is 13.6. The summed E-state index contributed by atoms with van der Waals surface area (Å²) >= 11 is 0. The maximum atomic E-state index is 13.3. The van der Waals surface area contributed by atoms with Crippen molar-refractivity contribution in [3.05, 3.63) is 34.9 Å². The fourth-order valence-corrected chi connectivity index (χ4v) is 5.37. The molecule has 0 radical (unpaired) electrons. The van der Waals surface area contributed by atoms with Gasteiger partial charge in [0.05, 0.1) is 28.4 Å². The van der Waals surface area contributed by atoms with Gasteiger partial charge in [-0.15, -0.1) is 0 Å². The molecule has 1 N–H and O–H groups in total. The van der Waals surface area contributed by atoms with Gasteiger partial charge in [-0.05, 0) is 32.9 Å². The highest BCUT2D eigenvalue weighted by molar-refractivity contribution is 5.91. The van der Waals surface area contributed by atoms with Crippen LogP contribution in [0, 0.1) is 5.92 Å². The lowest BCUT2D eigenvalue weighted by Gasteiger charge is -2.44. The molecule has 2 aliphatic rings. The number of aliphatic hydroxyl groups is 1. The number of hydrogen-bond acceptors (Lipinski definition) is 11. The number of carbonyl (C=O) groups excluding carboxylic acids is 2. The number of allylic oxidation sites excluding steroid dienone is 1. The maximum absolute atomic E-state index is 13.3. The Balaban J connectivity index is 2.24. The number of fused-ring (bicyclic) bond motifs is 4. The number of rotatable bonds is 8. The van der Waals surface area contributed by atoms with Gasteiger partial charge < -0.3 is 43.0 Å². The van der Waals surface area contributed by atoms with Gasteiger partial charge in [0, 0.05) is 40.2 Å². The number of hydrogen-bond donors (Lipinski definition) is 1. The van der Waals surface area contributed by atoms with Crippen LogP contribution in [0.3, 0.4) is 0 Å². The van der Waals surface area contributed by atoms with E-state index in [9.17, 15) is 14.7 Å². The molecule has 1 heterocycles. The van der Waals surface area contributed by atoms with E-state index in [1.807, 2.05) is 0 Å². The molecule has 228 valence electrons. The second-order valence-electron chi connectivity index (χ2n) is 10.3. The average molecular weight is 587 g/mol. The molecular weight excluding hydrogens is 548 g/mol. The first-order valence-corrected chi connectivity index (χ1v) is 13.6. The van der Waals surface area contributed by atoms with Gasteiger partial charge in [-0.2, -0.15) is 0 Å². The Hall–Kier alpha value is -4.12. The van der Waals surface area contributed by atoms with E-state index in [0.29, 0.717) is 39.3 Å². The molecule has 0 saturated heterocycles. The van der Waals surface area contributed by atoms with Crippen molar-refractivity contribution in [2.75, 3.05) is 35.2 Å². The van der Waals surface area contributed by atoms with Crippen LogP contribution in [0.5, 0.6) is 34.5 Å². The number of esters is 2. The van der Waals surface area contributed by atoms with Crippen molar-refractivity contribution in [3.63, 3.8) is 0 Å². The van der Waals surface area contributed by atoms with Crippen LogP contribution in [0.1, 0.15) is 64.4 Å². The van der Waals surface area contributed by atoms with Gasteiger partial charge in [0.2, 0.25) is 18.3 Å². The van der Waals surface area contributed by atoms with E-state index >= 15 is 0 Å². The molecule has 2 aromatic carbocycles. The monoisotopic (exact) mass is 586 g/mol. The largest absolute Gasteiger partial charge is 0.493 e. The summed E-state index contributed by atoms with van der Waals surface area (Å²) in [7, 11) is 5.86. The van der Waals surface area contributed by atoms with Crippen molar-refractivity contribution in [3.8, 4) is 45.6 Å². The highest BCUT2D eigenvalue weighted by atomic mass is 16.7. The van der Waals surface area contributed by atoms with Crippen molar-refractivity contribution >= 4 is 11.9 Å². The number of ether oxygens (including phenoxy) is 8.